The molecular formula is C15H29N5. The largest absolute Gasteiger partial charge is 0.321 e. The van der Waals surface area contributed by atoms with Crippen LogP contribution in [-0.2, 0) is 13.5 Å². The Hall–Kier alpha value is -0.940. The lowest BCUT2D eigenvalue weighted by molar-refractivity contribution is 0.163. The Labute approximate surface area is 122 Å². The van der Waals surface area contributed by atoms with Gasteiger partial charge in [0, 0.05) is 26.1 Å². The molecule has 1 aliphatic heterocycles. The molecule has 2 heterocycles. The lowest BCUT2D eigenvalue weighted by atomic mass is 9.90. The lowest BCUT2D eigenvalue weighted by Gasteiger charge is -2.35. The predicted molar refractivity (Wildman–Crippen MR) is 81.6 cm³/mol. The van der Waals surface area contributed by atoms with Gasteiger partial charge in [0.05, 0.1) is 0 Å². The van der Waals surface area contributed by atoms with Crippen molar-refractivity contribution >= 4 is 0 Å². The van der Waals surface area contributed by atoms with Gasteiger partial charge in [-0.1, -0.05) is 6.92 Å². The highest BCUT2D eigenvalue weighted by molar-refractivity contribution is 4.86. The fourth-order valence-electron chi connectivity index (χ4n) is 3.10. The summed E-state index contributed by atoms with van der Waals surface area (Å²) in [5.41, 5.74) is 0. The first kappa shape index (κ1) is 15.4. The first-order valence-corrected chi connectivity index (χ1v) is 7.99. The standard InChI is InChI=1S/C15H29N5/c1-4-9-20-10-6-14(7-11-20)13(2)16-8-5-15-18-17-12-19(15)3/h12-14,16H,4-11H2,1-3H3. The van der Waals surface area contributed by atoms with Crippen molar-refractivity contribution in [2.75, 3.05) is 26.2 Å². The van der Waals surface area contributed by atoms with E-state index in [2.05, 4.69) is 34.3 Å². The molecule has 20 heavy (non-hydrogen) atoms. The summed E-state index contributed by atoms with van der Waals surface area (Å²) in [6, 6.07) is 0.604. The minimum Gasteiger partial charge on any atom is -0.321 e. The fourth-order valence-corrected chi connectivity index (χ4v) is 3.10. The summed E-state index contributed by atoms with van der Waals surface area (Å²) in [6.07, 6.45) is 6.66. The molecule has 0 saturated carbocycles. The number of hydrogen-bond donors (Lipinski definition) is 1. The van der Waals surface area contributed by atoms with Crippen molar-refractivity contribution in [2.45, 2.75) is 45.6 Å². The van der Waals surface area contributed by atoms with Crippen LogP contribution in [0.4, 0.5) is 0 Å². The smallest absolute Gasteiger partial charge is 0.133 e. The Morgan fingerprint density at radius 2 is 2.15 bits per heavy atom. The average molecular weight is 279 g/mol. The third-order valence-electron chi connectivity index (χ3n) is 4.50. The van der Waals surface area contributed by atoms with E-state index in [1.165, 1.54) is 38.9 Å². The van der Waals surface area contributed by atoms with E-state index in [0.29, 0.717) is 6.04 Å². The van der Waals surface area contributed by atoms with E-state index in [0.717, 1.165) is 24.7 Å². The predicted octanol–water partition coefficient (Wildman–Crippen LogP) is 1.46. The van der Waals surface area contributed by atoms with Gasteiger partial charge in [0.15, 0.2) is 0 Å². The van der Waals surface area contributed by atoms with Crippen LogP contribution in [0.3, 0.4) is 0 Å². The monoisotopic (exact) mass is 279 g/mol. The first-order valence-electron chi connectivity index (χ1n) is 7.99. The molecule has 5 heteroatoms. The molecule has 1 N–H and O–H groups in total. The van der Waals surface area contributed by atoms with E-state index in [1.54, 1.807) is 6.33 Å². The molecular weight excluding hydrogens is 250 g/mol. The molecule has 0 bridgehead atoms. The van der Waals surface area contributed by atoms with Crippen molar-refractivity contribution in [3.05, 3.63) is 12.2 Å². The molecule has 1 saturated heterocycles. The molecule has 1 aliphatic rings. The zero-order valence-corrected chi connectivity index (χ0v) is 13.2. The number of nitrogens with zero attached hydrogens (tertiary/aromatic N) is 4. The van der Waals surface area contributed by atoms with Crippen LogP contribution in [0.1, 0.15) is 38.9 Å². The molecule has 1 aromatic rings. The molecule has 1 atom stereocenters. The van der Waals surface area contributed by atoms with E-state index < -0.39 is 0 Å². The van der Waals surface area contributed by atoms with Gasteiger partial charge in [-0.3, -0.25) is 0 Å². The van der Waals surface area contributed by atoms with E-state index in [1.807, 2.05) is 11.6 Å². The van der Waals surface area contributed by atoms with Crippen molar-refractivity contribution in [3.63, 3.8) is 0 Å². The Bertz CT molecular complexity index is 381. The maximum Gasteiger partial charge on any atom is 0.133 e. The van der Waals surface area contributed by atoms with Crippen molar-refractivity contribution in [3.8, 4) is 0 Å². The normalized spacial score (nSPS) is 19.4. The molecule has 0 aliphatic carbocycles. The van der Waals surface area contributed by atoms with Crippen molar-refractivity contribution in [1.82, 2.24) is 25.0 Å². The van der Waals surface area contributed by atoms with Crippen molar-refractivity contribution in [1.29, 1.82) is 0 Å². The molecule has 0 spiro atoms. The molecule has 5 nitrogen and oxygen atoms in total. The van der Waals surface area contributed by atoms with E-state index in [9.17, 15) is 0 Å². The molecule has 2 rings (SSSR count). The van der Waals surface area contributed by atoms with Crippen molar-refractivity contribution in [2.24, 2.45) is 13.0 Å². The Kier molecular flexibility index (Phi) is 5.98. The van der Waals surface area contributed by atoms with Gasteiger partial charge >= 0.3 is 0 Å². The van der Waals surface area contributed by atoms with E-state index >= 15 is 0 Å². The molecule has 0 amide bonds. The summed E-state index contributed by atoms with van der Waals surface area (Å²) in [4.78, 5) is 2.60. The number of likely N-dealkylation sites (tertiary alicyclic amines) is 1. The first-order chi connectivity index (χ1) is 9.70. The number of hydrogen-bond acceptors (Lipinski definition) is 4. The highest BCUT2D eigenvalue weighted by Gasteiger charge is 2.22. The van der Waals surface area contributed by atoms with Gasteiger partial charge in [-0.2, -0.15) is 0 Å². The van der Waals surface area contributed by atoms with Crippen LogP contribution in [0.15, 0.2) is 6.33 Å². The summed E-state index contributed by atoms with van der Waals surface area (Å²) in [5.74, 6) is 1.88. The molecule has 0 radical (unpaired) electrons. The van der Waals surface area contributed by atoms with E-state index in [4.69, 9.17) is 0 Å². The van der Waals surface area contributed by atoms with Crippen molar-refractivity contribution < 1.29 is 0 Å². The summed E-state index contributed by atoms with van der Waals surface area (Å²) >= 11 is 0. The van der Waals surface area contributed by atoms with Crippen LogP contribution in [0.2, 0.25) is 0 Å². The second-order valence-corrected chi connectivity index (χ2v) is 6.03. The van der Waals surface area contributed by atoms with Crippen LogP contribution in [0.25, 0.3) is 0 Å². The van der Waals surface area contributed by atoms with Gasteiger partial charge < -0.3 is 14.8 Å². The van der Waals surface area contributed by atoms with E-state index in [-0.39, 0.29) is 0 Å². The second kappa shape index (κ2) is 7.74. The quantitative estimate of drug-likeness (QED) is 0.821. The zero-order valence-electron chi connectivity index (χ0n) is 13.2. The molecule has 1 fully saturated rings. The van der Waals surface area contributed by atoms with Crippen LogP contribution in [0.5, 0.6) is 0 Å². The van der Waals surface area contributed by atoms with Gasteiger partial charge in [-0.05, 0) is 51.7 Å². The van der Waals surface area contributed by atoms with Crippen LogP contribution < -0.4 is 5.32 Å². The van der Waals surface area contributed by atoms with Crippen LogP contribution in [0, 0.1) is 5.92 Å². The molecule has 0 aromatic carbocycles. The molecule has 114 valence electrons. The number of aryl methyl sites for hydroxylation is 1. The van der Waals surface area contributed by atoms with Gasteiger partial charge in [0.25, 0.3) is 0 Å². The number of piperidine rings is 1. The average Bonchev–Trinajstić information content (AvgIpc) is 2.85. The molecule has 1 unspecified atom stereocenters. The third kappa shape index (κ3) is 4.28. The van der Waals surface area contributed by atoms with Gasteiger partial charge in [-0.25, -0.2) is 0 Å². The maximum atomic E-state index is 4.12. The zero-order chi connectivity index (χ0) is 14.4. The number of aromatic nitrogens is 3. The summed E-state index contributed by atoms with van der Waals surface area (Å²) in [7, 11) is 2.00. The third-order valence-corrected chi connectivity index (χ3v) is 4.50. The lowest BCUT2D eigenvalue weighted by Crippen LogP contribution is -2.42. The highest BCUT2D eigenvalue weighted by atomic mass is 15.2. The number of nitrogens with one attached hydrogen (secondary N) is 1. The topological polar surface area (TPSA) is 46.0 Å². The summed E-state index contributed by atoms with van der Waals surface area (Å²) < 4.78 is 2.00. The Morgan fingerprint density at radius 3 is 2.75 bits per heavy atom. The van der Waals surface area contributed by atoms with Gasteiger partial charge in [0.2, 0.25) is 0 Å². The highest BCUT2D eigenvalue weighted by Crippen LogP contribution is 2.20. The SMILES string of the molecule is CCCN1CCC(C(C)NCCc2nncn2C)CC1. The number of rotatable bonds is 7. The van der Waals surface area contributed by atoms with Crippen LogP contribution in [-0.4, -0.2) is 51.9 Å². The van der Waals surface area contributed by atoms with Gasteiger partial charge in [-0.15, -0.1) is 10.2 Å². The maximum absolute atomic E-state index is 4.12. The Balaban J connectivity index is 1.65. The summed E-state index contributed by atoms with van der Waals surface area (Å²) in [5, 5.41) is 11.7. The van der Waals surface area contributed by atoms with Gasteiger partial charge in [0.1, 0.15) is 12.2 Å². The minimum absolute atomic E-state index is 0.604. The summed E-state index contributed by atoms with van der Waals surface area (Å²) in [6.45, 7) is 9.39. The van der Waals surface area contributed by atoms with Crippen LogP contribution >= 0.6 is 0 Å². The second-order valence-electron chi connectivity index (χ2n) is 6.03. The minimum atomic E-state index is 0.604. The Morgan fingerprint density at radius 1 is 1.40 bits per heavy atom. The molecule has 1 aromatic heterocycles. The fraction of sp³-hybridized carbons (Fsp3) is 0.867.